The molecule has 1 aromatic carbocycles. The number of sulfonamides is 1. The summed E-state index contributed by atoms with van der Waals surface area (Å²) in [7, 11) is -3.20. The lowest BCUT2D eigenvalue weighted by molar-refractivity contribution is -0.124. The lowest BCUT2D eigenvalue weighted by atomic mass is 10.1. The average molecular weight is 462 g/mol. The zero-order valence-electron chi connectivity index (χ0n) is 16.7. The van der Waals surface area contributed by atoms with Gasteiger partial charge >= 0.3 is 0 Å². The van der Waals surface area contributed by atoms with Gasteiger partial charge in [-0.3, -0.25) is 9.59 Å². The predicted molar refractivity (Wildman–Crippen MR) is 118 cm³/mol. The van der Waals surface area contributed by atoms with E-state index in [0.717, 1.165) is 0 Å². The molecule has 0 spiro atoms. The van der Waals surface area contributed by atoms with Crippen LogP contribution in [0.15, 0.2) is 24.3 Å². The van der Waals surface area contributed by atoms with E-state index in [1.165, 1.54) is 4.31 Å². The molecule has 0 radical (unpaired) electrons. The maximum absolute atomic E-state index is 12.8. The van der Waals surface area contributed by atoms with Gasteiger partial charge in [0.15, 0.2) is 0 Å². The Bertz CT molecular complexity index is 811. The molecule has 29 heavy (non-hydrogen) atoms. The molecule has 1 fully saturated rings. The second kappa shape index (κ2) is 11.2. The Kier molecular flexibility index (Phi) is 9.26. The second-order valence-electron chi connectivity index (χ2n) is 6.87. The number of thioether (sulfide) groups is 1. The molecule has 1 aliphatic heterocycles. The van der Waals surface area contributed by atoms with E-state index in [4.69, 9.17) is 11.6 Å². The van der Waals surface area contributed by atoms with Crippen LogP contribution in [0, 0.1) is 0 Å². The molecular formula is C19H28ClN3O4S2. The van der Waals surface area contributed by atoms with Gasteiger partial charge in [0, 0.05) is 19.1 Å². The number of carbonyl (C=O) groups excluding carboxylic acids is 2. The van der Waals surface area contributed by atoms with Gasteiger partial charge in [-0.2, -0.15) is 11.8 Å². The number of halogens is 1. The van der Waals surface area contributed by atoms with Crippen LogP contribution in [0.1, 0.15) is 36.5 Å². The van der Waals surface area contributed by atoms with Crippen molar-refractivity contribution in [3.05, 3.63) is 34.9 Å². The molecule has 0 bridgehead atoms. The normalized spacial score (nSPS) is 16.9. The van der Waals surface area contributed by atoms with Crippen molar-refractivity contribution in [2.45, 2.75) is 38.3 Å². The minimum atomic E-state index is -3.20. The molecule has 1 aliphatic rings. The number of hydrogen-bond donors (Lipinski definition) is 2. The fourth-order valence-corrected chi connectivity index (χ4v) is 4.97. The van der Waals surface area contributed by atoms with E-state index in [0.29, 0.717) is 48.7 Å². The van der Waals surface area contributed by atoms with Crippen molar-refractivity contribution < 1.29 is 18.0 Å². The topological polar surface area (TPSA) is 95.6 Å². The van der Waals surface area contributed by atoms with Crippen molar-refractivity contribution in [2.24, 2.45) is 0 Å². The van der Waals surface area contributed by atoms with Crippen LogP contribution in [0.2, 0.25) is 5.02 Å². The van der Waals surface area contributed by atoms with Crippen LogP contribution < -0.4 is 10.6 Å². The number of rotatable bonds is 9. The van der Waals surface area contributed by atoms with Crippen molar-refractivity contribution >= 4 is 45.2 Å². The largest absolute Gasteiger partial charge is 0.351 e. The predicted octanol–water partition coefficient (Wildman–Crippen LogP) is 2.12. The number of nitrogens with one attached hydrogen (secondary N) is 2. The number of carbonyl (C=O) groups is 2. The Morgan fingerprint density at radius 3 is 2.52 bits per heavy atom. The highest BCUT2D eigenvalue weighted by Crippen LogP contribution is 2.17. The van der Waals surface area contributed by atoms with Gasteiger partial charge in [0.25, 0.3) is 5.91 Å². The monoisotopic (exact) mass is 461 g/mol. The molecule has 1 heterocycles. The van der Waals surface area contributed by atoms with E-state index in [1.54, 1.807) is 43.0 Å². The van der Waals surface area contributed by atoms with Gasteiger partial charge in [-0.15, -0.1) is 0 Å². The van der Waals surface area contributed by atoms with E-state index in [1.807, 2.05) is 6.26 Å². The van der Waals surface area contributed by atoms with E-state index in [9.17, 15) is 18.0 Å². The summed E-state index contributed by atoms with van der Waals surface area (Å²) in [6.45, 7) is 2.41. The quantitative estimate of drug-likeness (QED) is 0.587. The summed E-state index contributed by atoms with van der Waals surface area (Å²) in [5.41, 5.74) is 0.328. The summed E-state index contributed by atoms with van der Waals surface area (Å²) < 4.78 is 25.4. The minimum Gasteiger partial charge on any atom is -0.351 e. The van der Waals surface area contributed by atoms with Gasteiger partial charge in [0.2, 0.25) is 15.9 Å². The standard InChI is InChI=1S/C19H28ClN3O4S2/c1-3-29(26,27)23-11-8-14(9-12-23)21-19(25)17(10-13-28-2)22-18(24)15-6-4-5-7-16(15)20/h4-7,14,17H,3,8-13H2,1-2H3,(H,21,25)(H,22,24)/t17-/m0/s1. The Morgan fingerprint density at radius 1 is 1.28 bits per heavy atom. The first-order chi connectivity index (χ1) is 13.8. The first kappa shape index (κ1) is 24.0. The molecule has 162 valence electrons. The Balaban J connectivity index is 1.97. The van der Waals surface area contributed by atoms with E-state index in [2.05, 4.69) is 10.6 Å². The number of benzene rings is 1. The second-order valence-corrected chi connectivity index (χ2v) is 10.5. The van der Waals surface area contributed by atoms with Crippen LogP contribution in [0.5, 0.6) is 0 Å². The summed E-state index contributed by atoms with van der Waals surface area (Å²) in [4.78, 5) is 25.4. The summed E-state index contributed by atoms with van der Waals surface area (Å²) in [6, 6.07) is 5.91. The molecular weight excluding hydrogens is 434 g/mol. The number of nitrogens with zero attached hydrogens (tertiary/aromatic N) is 1. The fraction of sp³-hybridized carbons (Fsp3) is 0.579. The summed E-state index contributed by atoms with van der Waals surface area (Å²) in [6.07, 6.45) is 3.54. The highest BCUT2D eigenvalue weighted by atomic mass is 35.5. The average Bonchev–Trinajstić information content (AvgIpc) is 2.71. The zero-order chi connectivity index (χ0) is 21.4. The molecule has 10 heteroatoms. The highest BCUT2D eigenvalue weighted by molar-refractivity contribution is 7.98. The molecule has 2 amide bonds. The van der Waals surface area contributed by atoms with Crippen LogP contribution in [-0.2, 0) is 14.8 Å². The molecule has 1 saturated heterocycles. The first-order valence-electron chi connectivity index (χ1n) is 9.61. The van der Waals surface area contributed by atoms with Gasteiger partial charge in [-0.05, 0) is 50.3 Å². The van der Waals surface area contributed by atoms with Crippen molar-refractivity contribution in [2.75, 3.05) is 30.9 Å². The van der Waals surface area contributed by atoms with Gasteiger partial charge in [0.05, 0.1) is 16.3 Å². The Morgan fingerprint density at radius 2 is 1.93 bits per heavy atom. The van der Waals surface area contributed by atoms with E-state index >= 15 is 0 Å². The third-order valence-corrected chi connectivity index (χ3v) is 7.76. The zero-order valence-corrected chi connectivity index (χ0v) is 19.1. The van der Waals surface area contributed by atoms with Crippen LogP contribution in [-0.4, -0.2) is 67.5 Å². The molecule has 0 aliphatic carbocycles. The fourth-order valence-electron chi connectivity index (χ4n) is 3.15. The molecule has 1 atom stereocenters. The SMILES string of the molecule is CCS(=O)(=O)N1CCC(NC(=O)[C@H](CCSC)NC(=O)c2ccccc2Cl)CC1. The third-order valence-electron chi connectivity index (χ3n) is 4.91. The van der Waals surface area contributed by atoms with Crippen LogP contribution in [0.3, 0.4) is 0 Å². The molecule has 7 nitrogen and oxygen atoms in total. The van der Waals surface area contributed by atoms with Gasteiger partial charge in [0.1, 0.15) is 6.04 Å². The lowest BCUT2D eigenvalue weighted by Gasteiger charge is -2.32. The van der Waals surface area contributed by atoms with Crippen molar-refractivity contribution in [3.63, 3.8) is 0 Å². The van der Waals surface area contributed by atoms with Gasteiger partial charge in [-0.25, -0.2) is 12.7 Å². The number of hydrogen-bond acceptors (Lipinski definition) is 5. The highest BCUT2D eigenvalue weighted by Gasteiger charge is 2.29. The molecule has 1 aromatic rings. The van der Waals surface area contributed by atoms with Crippen LogP contribution >= 0.6 is 23.4 Å². The van der Waals surface area contributed by atoms with Gasteiger partial charge in [-0.1, -0.05) is 23.7 Å². The number of amides is 2. The van der Waals surface area contributed by atoms with Crippen LogP contribution in [0.4, 0.5) is 0 Å². The van der Waals surface area contributed by atoms with Crippen molar-refractivity contribution in [1.29, 1.82) is 0 Å². The first-order valence-corrected chi connectivity index (χ1v) is 13.0. The minimum absolute atomic E-state index is 0.0782. The Labute approximate surface area is 182 Å². The van der Waals surface area contributed by atoms with Crippen LogP contribution in [0.25, 0.3) is 0 Å². The smallest absolute Gasteiger partial charge is 0.253 e. The summed E-state index contributed by atoms with van der Waals surface area (Å²) in [5, 5.41) is 6.09. The molecule has 0 saturated carbocycles. The lowest BCUT2D eigenvalue weighted by Crippen LogP contribution is -2.53. The molecule has 0 unspecified atom stereocenters. The molecule has 2 rings (SSSR count). The molecule has 2 N–H and O–H groups in total. The van der Waals surface area contributed by atoms with E-state index < -0.39 is 16.1 Å². The summed E-state index contributed by atoms with van der Waals surface area (Å²) in [5.74, 6) is 0.153. The molecule has 0 aromatic heterocycles. The third kappa shape index (κ3) is 6.87. The maximum Gasteiger partial charge on any atom is 0.253 e. The Hall–Kier alpha value is -1.29. The summed E-state index contributed by atoms with van der Waals surface area (Å²) >= 11 is 7.68. The maximum atomic E-state index is 12.8. The van der Waals surface area contributed by atoms with Gasteiger partial charge < -0.3 is 10.6 Å². The van der Waals surface area contributed by atoms with Crippen molar-refractivity contribution in [3.8, 4) is 0 Å². The van der Waals surface area contributed by atoms with E-state index in [-0.39, 0.29) is 23.6 Å². The number of piperidine rings is 1. The van der Waals surface area contributed by atoms with Crippen molar-refractivity contribution in [1.82, 2.24) is 14.9 Å².